The third kappa shape index (κ3) is 3.29. The fraction of sp³-hybridized carbons (Fsp3) is 0.0769. The van der Waals surface area contributed by atoms with Gasteiger partial charge in [0.25, 0.3) is 0 Å². The van der Waals surface area contributed by atoms with Crippen LogP contribution in [0.3, 0.4) is 0 Å². The van der Waals surface area contributed by atoms with Gasteiger partial charge in [-0.1, -0.05) is 18.2 Å². The summed E-state index contributed by atoms with van der Waals surface area (Å²) in [5.41, 5.74) is 0.562. The van der Waals surface area contributed by atoms with Crippen LogP contribution >= 0.6 is 0 Å². The molecule has 20 heavy (non-hydrogen) atoms. The summed E-state index contributed by atoms with van der Waals surface area (Å²) in [7, 11) is 1.23. The lowest BCUT2D eigenvalue weighted by Crippen LogP contribution is -2.22. The summed E-state index contributed by atoms with van der Waals surface area (Å²) >= 11 is 0. The van der Waals surface area contributed by atoms with Crippen LogP contribution in [0.25, 0.3) is 0 Å². The summed E-state index contributed by atoms with van der Waals surface area (Å²) in [4.78, 5) is 31.0. The Kier molecular flexibility index (Phi) is 4.23. The normalized spacial score (nSPS) is 9.65. The molecule has 7 heteroatoms. The van der Waals surface area contributed by atoms with Gasteiger partial charge in [-0.25, -0.2) is 19.6 Å². The number of hydrogen-bond donors (Lipinski definition) is 2. The fourth-order valence-electron chi connectivity index (χ4n) is 1.47. The quantitative estimate of drug-likeness (QED) is 0.832. The number of anilines is 2. The standard InChI is InChI=1S/C13H12N4O3/c1-20-12(18)10-11(15-8-7-14-10)17-13(19)16-9-5-3-2-4-6-9/h2-8H,1H3,(H2,15,16,17,19). The van der Waals surface area contributed by atoms with Gasteiger partial charge in [0.1, 0.15) is 0 Å². The minimum absolute atomic E-state index is 0.0350. The molecule has 0 atom stereocenters. The average molecular weight is 272 g/mol. The molecule has 1 aromatic heterocycles. The maximum Gasteiger partial charge on any atom is 0.360 e. The molecule has 2 rings (SSSR count). The lowest BCUT2D eigenvalue weighted by Gasteiger charge is -2.08. The van der Waals surface area contributed by atoms with Gasteiger partial charge in [0.15, 0.2) is 11.5 Å². The van der Waals surface area contributed by atoms with Gasteiger partial charge >= 0.3 is 12.0 Å². The van der Waals surface area contributed by atoms with Gasteiger partial charge in [0.2, 0.25) is 0 Å². The highest BCUT2D eigenvalue weighted by atomic mass is 16.5. The van der Waals surface area contributed by atoms with Crippen molar-refractivity contribution >= 4 is 23.5 Å². The zero-order valence-corrected chi connectivity index (χ0v) is 10.7. The molecule has 0 aliphatic rings. The number of ether oxygens (including phenoxy) is 1. The molecule has 0 spiro atoms. The topological polar surface area (TPSA) is 93.2 Å². The first kappa shape index (κ1) is 13.5. The molecule has 1 aromatic carbocycles. The van der Waals surface area contributed by atoms with Gasteiger partial charge in [-0.2, -0.15) is 0 Å². The van der Waals surface area contributed by atoms with Crippen molar-refractivity contribution in [2.45, 2.75) is 0 Å². The van der Waals surface area contributed by atoms with Gasteiger partial charge in [0.05, 0.1) is 7.11 Å². The third-order valence-corrected chi connectivity index (χ3v) is 2.34. The Labute approximate surface area is 115 Å². The molecule has 0 saturated carbocycles. The Morgan fingerprint density at radius 1 is 1.05 bits per heavy atom. The van der Waals surface area contributed by atoms with E-state index >= 15 is 0 Å². The summed E-state index contributed by atoms with van der Waals surface area (Å²) in [5.74, 6) is -0.638. The van der Waals surface area contributed by atoms with Crippen molar-refractivity contribution in [2.24, 2.45) is 0 Å². The largest absolute Gasteiger partial charge is 0.464 e. The van der Waals surface area contributed by atoms with Gasteiger partial charge in [0, 0.05) is 18.1 Å². The third-order valence-electron chi connectivity index (χ3n) is 2.34. The molecule has 7 nitrogen and oxygen atoms in total. The van der Waals surface area contributed by atoms with E-state index in [0.29, 0.717) is 5.69 Å². The first-order valence-electron chi connectivity index (χ1n) is 5.73. The number of urea groups is 1. The molecule has 0 radical (unpaired) electrons. The number of benzene rings is 1. The predicted molar refractivity (Wildman–Crippen MR) is 72.5 cm³/mol. The van der Waals surface area contributed by atoms with Crippen LogP contribution in [0.1, 0.15) is 10.5 Å². The lowest BCUT2D eigenvalue weighted by atomic mass is 10.3. The van der Waals surface area contributed by atoms with Crippen LogP contribution in [-0.2, 0) is 4.74 Å². The van der Waals surface area contributed by atoms with Crippen molar-refractivity contribution in [3.8, 4) is 0 Å². The number of hydrogen-bond acceptors (Lipinski definition) is 5. The van der Waals surface area contributed by atoms with E-state index in [1.165, 1.54) is 19.5 Å². The second kappa shape index (κ2) is 6.28. The first-order valence-corrected chi connectivity index (χ1v) is 5.73. The number of nitrogens with one attached hydrogen (secondary N) is 2. The number of rotatable bonds is 3. The van der Waals surface area contributed by atoms with Crippen molar-refractivity contribution in [3.63, 3.8) is 0 Å². The average Bonchev–Trinajstić information content (AvgIpc) is 2.48. The van der Waals surface area contributed by atoms with Crippen LogP contribution in [-0.4, -0.2) is 29.1 Å². The summed E-state index contributed by atoms with van der Waals surface area (Å²) in [6.07, 6.45) is 2.71. The number of methoxy groups -OCH3 is 1. The van der Waals surface area contributed by atoms with Crippen molar-refractivity contribution in [3.05, 3.63) is 48.4 Å². The van der Waals surface area contributed by atoms with Crippen LogP contribution in [0.2, 0.25) is 0 Å². The Bertz CT molecular complexity index is 616. The maximum absolute atomic E-state index is 11.8. The van der Waals surface area contributed by atoms with E-state index in [4.69, 9.17) is 0 Å². The molecule has 0 bridgehead atoms. The number of esters is 1. The molecule has 0 aliphatic heterocycles. The number of para-hydroxylation sites is 1. The van der Waals surface area contributed by atoms with Crippen molar-refractivity contribution in [1.29, 1.82) is 0 Å². The van der Waals surface area contributed by atoms with Crippen LogP contribution < -0.4 is 10.6 Å². The fourth-order valence-corrected chi connectivity index (χ4v) is 1.47. The summed E-state index contributed by atoms with van der Waals surface area (Å²) in [5, 5.41) is 5.05. The van der Waals surface area contributed by atoms with E-state index in [0.717, 1.165) is 0 Å². The number of amides is 2. The van der Waals surface area contributed by atoms with Crippen molar-refractivity contribution in [1.82, 2.24) is 9.97 Å². The van der Waals surface area contributed by atoms with E-state index < -0.39 is 12.0 Å². The highest BCUT2D eigenvalue weighted by Gasteiger charge is 2.16. The highest BCUT2D eigenvalue weighted by Crippen LogP contribution is 2.11. The summed E-state index contributed by atoms with van der Waals surface area (Å²) in [6.45, 7) is 0. The molecule has 0 saturated heterocycles. The molecule has 0 unspecified atom stereocenters. The zero-order chi connectivity index (χ0) is 14.4. The Hall–Kier alpha value is -2.96. The highest BCUT2D eigenvalue weighted by molar-refractivity contribution is 6.03. The van der Waals surface area contributed by atoms with E-state index in [9.17, 15) is 9.59 Å². The smallest absolute Gasteiger partial charge is 0.360 e. The second-order valence-corrected chi connectivity index (χ2v) is 3.69. The molecule has 0 aliphatic carbocycles. The maximum atomic E-state index is 11.8. The Morgan fingerprint density at radius 2 is 1.75 bits per heavy atom. The summed E-state index contributed by atoms with van der Waals surface area (Å²) in [6, 6.07) is 8.35. The molecule has 2 amide bonds. The minimum Gasteiger partial charge on any atom is -0.464 e. The second-order valence-electron chi connectivity index (χ2n) is 3.69. The monoisotopic (exact) mass is 272 g/mol. The number of nitrogens with zero attached hydrogens (tertiary/aromatic N) is 2. The van der Waals surface area contributed by atoms with E-state index in [1.54, 1.807) is 24.3 Å². The molecular formula is C13H12N4O3. The van der Waals surface area contributed by atoms with E-state index in [1.807, 2.05) is 6.07 Å². The minimum atomic E-state index is -0.673. The predicted octanol–water partition coefficient (Wildman–Crippen LogP) is 1.91. The Morgan fingerprint density at radius 3 is 2.45 bits per heavy atom. The number of carbonyl (C=O) groups is 2. The van der Waals surface area contributed by atoms with Crippen molar-refractivity contribution < 1.29 is 14.3 Å². The van der Waals surface area contributed by atoms with Gasteiger partial charge in [-0.3, -0.25) is 5.32 Å². The SMILES string of the molecule is COC(=O)c1nccnc1NC(=O)Nc1ccccc1. The Balaban J connectivity index is 2.10. The van der Waals surface area contributed by atoms with Crippen molar-refractivity contribution in [2.75, 3.05) is 17.7 Å². The molecule has 102 valence electrons. The zero-order valence-electron chi connectivity index (χ0n) is 10.7. The van der Waals surface area contributed by atoms with Gasteiger partial charge < -0.3 is 10.1 Å². The number of carbonyl (C=O) groups excluding carboxylic acids is 2. The van der Waals surface area contributed by atoms with Crippen LogP contribution in [0.5, 0.6) is 0 Å². The molecular weight excluding hydrogens is 260 g/mol. The molecule has 0 fully saturated rings. The molecule has 2 N–H and O–H groups in total. The number of aromatic nitrogens is 2. The van der Waals surface area contributed by atoms with E-state index in [-0.39, 0.29) is 11.5 Å². The first-order chi connectivity index (χ1) is 9.70. The van der Waals surface area contributed by atoms with Crippen LogP contribution in [0.15, 0.2) is 42.7 Å². The molecule has 2 aromatic rings. The van der Waals surface area contributed by atoms with Gasteiger partial charge in [-0.15, -0.1) is 0 Å². The summed E-state index contributed by atoms with van der Waals surface area (Å²) < 4.78 is 4.56. The van der Waals surface area contributed by atoms with E-state index in [2.05, 4.69) is 25.3 Å². The molecule has 1 heterocycles. The van der Waals surface area contributed by atoms with Gasteiger partial charge in [-0.05, 0) is 12.1 Å². The lowest BCUT2D eigenvalue weighted by molar-refractivity contribution is 0.0595. The van der Waals surface area contributed by atoms with Crippen LogP contribution in [0, 0.1) is 0 Å². The van der Waals surface area contributed by atoms with Crippen LogP contribution in [0.4, 0.5) is 16.3 Å².